The summed E-state index contributed by atoms with van der Waals surface area (Å²) in [5.41, 5.74) is -0.384. The lowest BCUT2D eigenvalue weighted by atomic mass is 10.1. The van der Waals surface area contributed by atoms with Crippen LogP contribution in [-0.4, -0.2) is 55.5 Å². The summed E-state index contributed by atoms with van der Waals surface area (Å²) in [5, 5.41) is 8.57. The molecule has 0 aromatic carbocycles. The fraction of sp³-hybridized carbons (Fsp3) is 0.875. The van der Waals surface area contributed by atoms with Gasteiger partial charge in [0.1, 0.15) is 5.78 Å². The van der Waals surface area contributed by atoms with Crippen molar-refractivity contribution in [1.82, 2.24) is 0 Å². The second-order valence-electron chi connectivity index (χ2n) is 6.25. The summed E-state index contributed by atoms with van der Waals surface area (Å²) >= 11 is 0. The van der Waals surface area contributed by atoms with Gasteiger partial charge in [0.15, 0.2) is 0 Å². The van der Waals surface area contributed by atoms with Gasteiger partial charge in [-0.1, -0.05) is 13.8 Å². The molecule has 0 atom stereocenters. The number of carbonyl (C=O) groups excluding carboxylic acids is 2. The van der Waals surface area contributed by atoms with Crippen LogP contribution in [0.2, 0.25) is 0 Å². The fourth-order valence-electron chi connectivity index (χ4n) is 1.51. The number of rotatable bonds is 13. The number of aliphatic hydroxyl groups excluding tert-OH is 1. The monoisotopic (exact) mass is 318 g/mol. The molecule has 0 radical (unpaired) electrons. The van der Waals surface area contributed by atoms with Crippen molar-refractivity contribution in [2.24, 2.45) is 5.92 Å². The summed E-state index contributed by atoms with van der Waals surface area (Å²) in [4.78, 5) is 22.5. The summed E-state index contributed by atoms with van der Waals surface area (Å²) in [5.74, 6) is -0.0453. The fourth-order valence-corrected chi connectivity index (χ4v) is 1.51. The molecule has 0 rings (SSSR count). The molecule has 0 aromatic heterocycles. The van der Waals surface area contributed by atoms with Crippen LogP contribution >= 0.6 is 0 Å². The Hall–Kier alpha value is -0.980. The van der Waals surface area contributed by atoms with Gasteiger partial charge in [0.05, 0.1) is 31.8 Å². The number of hydrogen-bond donors (Lipinski definition) is 1. The van der Waals surface area contributed by atoms with Gasteiger partial charge in [0.2, 0.25) is 0 Å². The first-order chi connectivity index (χ1) is 10.3. The minimum Gasteiger partial charge on any atom is -0.465 e. The molecule has 0 spiro atoms. The lowest BCUT2D eigenvalue weighted by Crippen LogP contribution is -2.32. The van der Waals surface area contributed by atoms with Crippen LogP contribution in [0.15, 0.2) is 0 Å². The van der Waals surface area contributed by atoms with Crippen molar-refractivity contribution in [3.8, 4) is 0 Å². The molecule has 0 aromatic rings. The van der Waals surface area contributed by atoms with Crippen LogP contribution in [0.25, 0.3) is 0 Å². The van der Waals surface area contributed by atoms with Gasteiger partial charge >= 0.3 is 5.97 Å². The Morgan fingerprint density at radius 2 is 1.77 bits per heavy atom. The number of ether oxygens (including phenoxy) is 3. The molecule has 0 aliphatic heterocycles. The second-order valence-corrected chi connectivity index (χ2v) is 6.25. The van der Waals surface area contributed by atoms with Crippen molar-refractivity contribution in [3.05, 3.63) is 0 Å². The molecule has 1 N–H and O–H groups in total. The van der Waals surface area contributed by atoms with Gasteiger partial charge in [0.25, 0.3) is 0 Å². The van der Waals surface area contributed by atoms with E-state index in [1.54, 1.807) is 0 Å². The number of esters is 1. The Labute approximate surface area is 133 Å². The maximum atomic E-state index is 11.4. The number of aliphatic hydroxyl groups is 1. The zero-order chi connectivity index (χ0) is 17.0. The summed E-state index contributed by atoms with van der Waals surface area (Å²) in [6, 6.07) is 0. The van der Waals surface area contributed by atoms with Crippen molar-refractivity contribution in [1.29, 1.82) is 0 Å². The largest absolute Gasteiger partial charge is 0.465 e. The number of ketones is 1. The van der Waals surface area contributed by atoms with Crippen molar-refractivity contribution >= 4 is 11.8 Å². The van der Waals surface area contributed by atoms with Gasteiger partial charge < -0.3 is 19.3 Å². The van der Waals surface area contributed by atoms with Crippen molar-refractivity contribution in [3.63, 3.8) is 0 Å². The van der Waals surface area contributed by atoms with E-state index in [-0.39, 0.29) is 50.5 Å². The SMILES string of the molecule is CC(C)COC(C)(C)COCCC(=O)OCCC(=O)CCO. The van der Waals surface area contributed by atoms with Crippen molar-refractivity contribution in [2.45, 2.75) is 52.6 Å². The zero-order valence-corrected chi connectivity index (χ0v) is 14.2. The van der Waals surface area contributed by atoms with Gasteiger partial charge in [-0.15, -0.1) is 0 Å². The van der Waals surface area contributed by atoms with Crippen molar-refractivity contribution in [2.75, 3.05) is 33.0 Å². The van der Waals surface area contributed by atoms with Crippen LogP contribution in [0.4, 0.5) is 0 Å². The quantitative estimate of drug-likeness (QED) is 0.411. The van der Waals surface area contributed by atoms with E-state index in [4.69, 9.17) is 19.3 Å². The van der Waals surface area contributed by atoms with Crippen LogP contribution < -0.4 is 0 Å². The highest BCUT2D eigenvalue weighted by Crippen LogP contribution is 2.11. The maximum absolute atomic E-state index is 11.4. The van der Waals surface area contributed by atoms with E-state index in [0.717, 1.165) is 0 Å². The van der Waals surface area contributed by atoms with E-state index >= 15 is 0 Å². The molecular formula is C16H30O6. The Morgan fingerprint density at radius 1 is 1.09 bits per heavy atom. The van der Waals surface area contributed by atoms with E-state index in [1.165, 1.54) is 0 Å². The predicted octanol–water partition coefficient (Wildman–Crippen LogP) is 1.73. The third kappa shape index (κ3) is 12.7. The van der Waals surface area contributed by atoms with Crippen molar-refractivity contribution < 1.29 is 28.9 Å². The summed E-state index contributed by atoms with van der Waals surface area (Å²) in [7, 11) is 0. The molecule has 0 aliphatic rings. The molecule has 0 fully saturated rings. The molecular weight excluding hydrogens is 288 g/mol. The van der Waals surface area contributed by atoms with Gasteiger partial charge in [-0.25, -0.2) is 0 Å². The van der Waals surface area contributed by atoms with Crippen LogP contribution in [0.5, 0.6) is 0 Å². The van der Waals surface area contributed by atoms with E-state index in [9.17, 15) is 9.59 Å². The van der Waals surface area contributed by atoms with Gasteiger partial charge in [-0.05, 0) is 19.8 Å². The molecule has 0 saturated heterocycles. The Balaban J connectivity index is 3.65. The Bertz CT molecular complexity index is 325. The zero-order valence-electron chi connectivity index (χ0n) is 14.2. The highest BCUT2D eigenvalue weighted by atomic mass is 16.5. The predicted molar refractivity (Wildman–Crippen MR) is 82.6 cm³/mol. The van der Waals surface area contributed by atoms with E-state index in [0.29, 0.717) is 19.1 Å². The third-order valence-corrected chi connectivity index (χ3v) is 2.74. The molecule has 0 amide bonds. The lowest BCUT2D eigenvalue weighted by molar-refractivity contribution is -0.146. The Morgan fingerprint density at radius 3 is 2.36 bits per heavy atom. The summed E-state index contributed by atoms with van der Waals surface area (Å²) < 4.78 is 16.1. The first-order valence-electron chi connectivity index (χ1n) is 7.76. The molecule has 0 aliphatic carbocycles. The smallest absolute Gasteiger partial charge is 0.308 e. The summed E-state index contributed by atoms with van der Waals surface area (Å²) in [6.07, 6.45) is 0.393. The maximum Gasteiger partial charge on any atom is 0.308 e. The number of Topliss-reactive ketones (excluding diaryl/α,β-unsaturated/α-hetero) is 1. The van der Waals surface area contributed by atoms with Gasteiger partial charge in [-0.3, -0.25) is 9.59 Å². The molecule has 0 heterocycles. The second kappa shape index (κ2) is 11.6. The molecule has 0 bridgehead atoms. The molecule has 0 saturated carbocycles. The minimum atomic E-state index is -0.391. The summed E-state index contributed by atoms with van der Waals surface area (Å²) in [6.45, 7) is 9.27. The van der Waals surface area contributed by atoms with Crippen LogP contribution in [0.1, 0.15) is 47.0 Å². The molecule has 6 nitrogen and oxygen atoms in total. The first-order valence-corrected chi connectivity index (χ1v) is 7.76. The van der Waals surface area contributed by atoms with Crippen LogP contribution in [0, 0.1) is 5.92 Å². The number of hydrogen-bond acceptors (Lipinski definition) is 6. The van der Waals surface area contributed by atoms with Gasteiger partial charge in [0, 0.05) is 26.1 Å². The molecule has 22 heavy (non-hydrogen) atoms. The Kier molecular flexibility index (Phi) is 11.1. The molecule has 6 heteroatoms. The first kappa shape index (κ1) is 21.0. The standard InChI is InChI=1S/C16H30O6/c1-13(2)11-22-16(3,4)12-20-9-7-15(19)21-10-6-14(18)5-8-17/h13,17H,5-12H2,1-4H3. The van der Waals surface area contributed by atoms with Crippen LogP contribution in [0.3, 0.4) is 0 Å². The highest BCUT2D eigenvalue weighted by Gasteiger charge is 2.19. The topological polar surface area (TPSA) is 82.1 Å². The normalized spacial score (nSPS) is 11.7. The molecule has 130 valence electrons. The number of carbonyl (C=O) groups is 2. The highest BCUT2D eigenvalue weighted by molar-refractivity contribution is 5.79. The average molecular weight is 318 g/mol. The lowest BCUT2D eigenvalue weighted by Gasteiger charge is -2.26. The molecule has 0 unspecified atom stereocenters. The average Bonchev–Trinajstić information content (AvgIpc) is 2.42. The van der Waals surface area contributed by atoms with E-state index in [2.05, 4.69) is 13.8 Å². The third-order valence-electron chi connectivity index (χ3n) is 2.74. The van der Waals surface area contributed by atoms with E-state index < -0.39 is 5.97 Å². The van der Waals surface area contributed by atoms with Gasteiger partial charge in [-0.2, -0.15) is 0 Å². The minimum absolute atomic E-state index is 0.0562. The van der Waals surface area contributed by atoms with Crippen LogP contribution in [-0.2, 0) is 23.8 Å². The van der Waals surface area contributed by atoms with E-state index in [1.807, 2.05) is 13.8 Å².